The number of amides is 1. The molecule has 3 N–H and O–H groups in total. The Labute approximate surface area is 172 Å². The fourth-order valence-corrected chi connectivity index (χ4v) is 2.87. The molecule has 11 heteroatoms. The molecule has 3 heterocycles. The summed E-state index contributed by atoms with van der Waals surface area (Å²) in [6.07, 6.45) is 3.31. The lowest BCUT2D eigenvalue weighted by Gasteiger charge is -2.17. The van der Waals surface area contributed by atoms with E-state index in [1.807, 2.05) is 13.8 Å². The molecule has 146 valence electrons. The number of halogens is 2. The maximum atomic E-state index is 12.4. The molecule has 0 aliphatic rings. The lowest BCUT2D eigenvalue weighted by Crippen LogP contribution is -2.32. The van der Waals surface area contributed by atoms with Gasteiger partial charge in [0.2, 0.25) is 11.7 Å². The predicted octanol–water partition coefficient (Wildman–Crippen LogP) is 3.02. The van der Waals surface area contributed by atoms with E-state index in [1.165, 1.54) is 11.3 Å². The SMILES string of the molecule is CC(C)C(NC(=O)c1csc(CN)n1)c1nc(-c2ccncc2)no1.Cl.Cl. The lowest BCUT2D eigenvalue weighted by atomic mass is 10.0. The first kappa shape index (κ1) is 23.0. The van der Waals surface area contributed by atoms with Gasteiger partial charge in [0, 0.05) is 29.9 Å². The Morgan fingerprint density at radius 1 is 1.26 bits per heavy atom. The van der Waals surface area contributed by atoms with Crippen molar-refractivity contribution >= 4 is 42.1 Å². The van der Waals surface area contributed by atoms with Gasteiger partial charge in [0.25, 0.3) is 5.91 Å². The summed E-state index contributed by atoms with van der Waals surface area (Å²) in [5.74, 6) is 0.571. The minimum Gasteiger partial charge on any atom is -0.339 e. The smallest absolute Gasteiger partial charge is 0.271 e. The minimum absolute atomic E-state index is 0. The highest BCUT2D eigenvalue weighted by Crippen LogP contribution is 2.24. The maximum absolute atomic E-state index is 12.4. The van der Waals surface area contributed by atoms with Gasteiger partial charge in [-0.1, -0.05) is 19.0 Å². The molecule has 27 heavy (non-hydrogen) atoms. The molecule has 3 aromatic heterocycles. The van der Waals surface area contributed by atoms with Gasteiger partial charge in [0.15, 0.2) is 0 Å². The number of hydrogen-bond donors (Lipinski definition) is 2. The van der Waals surface area contributed by atoms with E-state index in [4.69, 9.17) is 10.3 Å². The van der Waals surface area contributed by atoms with Crippen LogP contribution in [0.5, 0.6) is 0 Å². The normalized spacial score (nSPS) is 11.4. The van der Waals surface area contributed by atoms with Crippen LogP contribution in [0.2, 0.25) is 0 Å². The molecule has 0 aliphatic carbocycles. The first-order chi connectivity index (χ1) is 12.1. The fraction of sp³-hybridized carbons (Fsp3) is 0.312. The van der Waals surface area contributed by atoms with E-state index in [2.05, 4.69) is 25.4 Å². The van der Waals surface area contributed by atoms with Crippen molar-refractivity contribution in [2.75, 3.05) is 0 Å². The zero-order chi connectivity index (χ0) is 17.8. The third-order valence-electron chi connectivity index (χ3n) is 3.56. The molecule has 1 atom stereocenters. The van der Waals surface area contributed by atoms with Crippen molar-refractivity contribution < 1.29 is 9.32 Å². The molecule has 0 fully saturated rings. The quantitative estimate of drug-likeness (QED) is 0.616. The van der Waals surface area contributed by atoms with Crippen LogP contribution in [0.15, 0.2) is 34.4 Å². The second-order valence-electron chi connectivity index (χ2n) is 5.72. The third-order valence-corrected chi connectivity index (χ3v) is 4.43. The summed E-state index contributed by atoms with van der Waals surface area (Å²) in [6, 6.07) is 3.17. The van der Waals surface area contributed by atoms with Crippen molar-refractivity contribution in [3.63, 3.8) is 0 Å². The monoisotopic (exact) mass is 430 g/mol. The summed E-state index contributed by atoms with van der Waals surface area (Å²) in [4.78, 5) is 25.0. The predicted molar refractivity (Wildman–Crippen MR) is 107 cm³/mol. The summed E-state index contributed by atoms with van der Waals surface area (Å²) < 4.78 is 5.37. The van der Waals surface area contributed by atoms with Crippen molar-refractivity contribution in [2.45, 2.75) is 26.4 Å². The summed E-state index contributed by atoms with van der Waals surface area (Å²) in [7, 11) is 0. The van der Waals surface area contributed by atoms with E-state index in [0.29, 0.717) is 29.0 Å². The number of hydrogen-bond acceptors (Lipinski definition) is 8. The van der Waals surface area contributed by atoms with Gasteiger partial charge in [-0.2, -0.15) is 4.98 Å². The van der Waals surface area contributed by atoms with Crippen LogP contribution >= 0.6 is 36.2 Å². The number of aromatic nitrogens is 4. The molecule has 0 saturated heterocycles. The number of nitrogens with one attached hydrogen (secondary N) is 1. The number of carbonyl (C=O) groups is 1. The van der Waals surface area contributed by atoms with Gasteiger partial charge in [-0.15, -0.1) is 36.2 Å². The highest BCUT2D eigenvalue weighted by Gasteiger charge is 2.26. The van der Waals surface area contributed by atoms with Crippen LogP contribution in [0.3, 0.4) is 0 Å². The molecule has 3 aromatic rings. The number of pyridine rings is 1. The third kappa shape index (κ3) is 5.46. The Bertz CT molecular complexity index is 855. The van der Waals surface area contributed by atoms with E-state index < -0.39 is 6.04 Å². The van der Waals surface area contributed by atoms with E-state index in [0.717, 1.165) is 5.56 Å². The first-order valence-electron chi connectivity index (χ1n) is 7.77. The summed E-state index contributed by atoms with van der Waals surface area (Å²) in [5, 5.41) is 9.30. The Morgan fingerprint density at radius 3 is 2.56 bits per heavy atom. The minimum atomic E-state index is -0.418. The molecule has 0 bridgehead atoms. The molecule has 1 amide bonds. The summed E-state index contributed by atoms with van der Waals surface area (Å²) in [6.45, 7) is 4.24. The molecule has 0 aliphatic heterocycles. The van der Waals surface area contributed by atoms with Crippen LogP contribution in [0.25, 0.3) is 11.4 Å². The van der Waals surface area contributed by atoms with E-state index in [1.54, 1.807) is 29.9 Å². The van der Waals surface area contributed by atoms with Gasteiger partial charge >= 0.3 is 0 Å². The highest BCUT2D eigenvalue weighted by atomic mass is 35.5. The number of nitrogens with zero attached hydrogens (tertiary/aromatic N) is 4. The molecule has 1 unspecified atom stereocenters. The number of rotatable bonds is 6. The molecular weight excluding hydrogens is 411 g/mol. The molecule has 0 radical (unpaired) electrons. The fourth-order valence-electron chi connectivity index (χ4n) is 2.22. The van der Waals surface area contributed by atoms with Crippen LogP contribution in [0.4, 0.5) is 0 Å². The lowest BCUT2D eigenvalue weighted by molar-refractivity contribution is 0.0909. The maximum Gasteiger partial charge on any atom is 0.271 e. The number of nitrogens with two attached hydrogens (primary N) is 1. The van der Waals surface area contributed by atoms with Crippen LogP contribution in [-0.4, -0.2) is 26.0 Å². The van der Waals surface area contributed by atoms with Crippen LogP contribution in [0, 0.1) is 5.92 Å². The van der Waals surface area contributed by atoms with Crippen molar-refractivity contribution in [3.05, 3.63) is 46.5 Å². The van der Waals surface area contributed by atoms with Crippen LogP contribution in [-0.2, 0) is 6.54 Å². The Kier molecular flexibility index (Phi) is 8.77. The van der Waals surface area contributed by atoms with Crippen molar-refractivity contribution in [3.8, 4) is 11.4 Å². The second-order valence-corrected chi connectivity index (χ2v) is 6.66. The van der Waals surface area contributed by atoms with Crippen LogP contribution < -0.4 is 11.1 Å². The molecule has 8 nitrogen and oxygen atoms in total. The van der Waals surface area contributed by atoms with Crippen molar-refractivity contribution in [2.24, 2.45) is 11.7 Å². The second kappa shape index (κ2) is 10.3. The Hall–Kier alpha value is -2.07. The molecule has 0 spiro atoms. The van der Waals surface area contributed by atoms with Gasteiger partial charge in [-0.25, -0.2) is 4.98 Å². The van der Waals surface area contributed by atoms with Crippen molar-refractivity contribution in [1.29, 1.82) is 0 Å². The number of carbonyl (C=O) groups excluding carboxylic acids is 1. The topological polar surface area (TPSA) is 120 Å². The van der Waals surface area contributed by atoms with Crippen molar-refractivity contribution in [1.82, 2.24) is 25.4 Å². The zero-order valence-corrected chi connectivity index (χ0v) is 17.1. The van der Waals surface area contributed by atoms with E-state index in [9.17, 15) is 4.79 Å². The molecule has 0 aromatic carbocycles. The van der Waals surface area contributed by atoms with Gasteiger partial charge < -0.3 is 15.6 Å². The average Bonchev–Trinajstić information content (AvgIpc) is 3.29. The van der Waals surface area contributed by atoms with Gasteiger partial charge in [-0.3, -0.25) is 9.78 Å². The summed E-state index contributed by atoms with van der Waals surface area (Å²) >= 11 is 1.36. The largest absolute Gasteiger partial charge is 0.339 e. The summed E-state index contributed by atoms with van der Waals surface area (Å²) in [5.41, 5.74) is 6.68. The standard InChI is InChI=1S/C16H18N6O2S.2ClH/c1-9(2)13(20-15(23)11-8-25-12(7-17)19-11)16-21-14(22-24-16)10-3-5-18-6-4-10;;/h3-6,8-9,13H,7,17H2,1-2H3,(H,20,23);2*1H. The van der Waals surface area contributed by atoms with Crippen LogP contribution in [0.1, 0.15) is 41.3 Å². The van der Waals surface area contributed by atoms with Gasteiger partial charge in [0.1, 0.15) is 16.7 Å². The molecule has 0 saturated carbocycles. The Morgan fingerprint density at radius 2 is 1.96 bits per heavy atom. The Balaban J connectivity index is 0.00000182. The van der Waals surface area contributed by atoms with E-state index in [-0.39, 0.29) is 36.6 Å². The van der Waals surface area contributed by atoms with E-state index >= 15 is 0 Å². The van der Waals surface area contributed by atoms with Gasteiger partial charge in [0.05, 0.1) is 0 Å². The molecular formula is C16H20Cl2N6O2S. The first-order valence-corrected chi connectivity index (χ1v) is 8.65. The molecule has 3 rings (SSSR count). The number of thiazole rings is 1. The zero-order valence-electron chi connectivity index (χ0n) is 14.7. The van der Waals surface area contributed by atoms with Gasteiger partial charge in [-0.05, 0) is 18.1 Å². The highest BCUT2D eigenvalue weighted by molar-refractivity contribution is 7.09. The average molecular weight is 431 g/mol.